The summed E-state index contributed by atoms with van der Waals surface area (Å²) in [5, 5.41) is 19.2. The number of benzene rings is 1. The van der Waals surface area contributed by atoms with Crippen LogP contribution in [0.5, 0.6) is 0 Å². The van der Waals surface area contributed by atoms with Gasteiger partial charge >= 0.3 is 0 Å². The summed E-state index contributed by atoms with van der Waals surface area (Å²) >= 11 is 5.61. The maximum Gasteiger partial charge on any atom is 0.288 e. The summed E-state index contributed by atoms with van der Waals surface area (Å²) in [6.07, 6.45) is 1.16. The molecule has 0 saturated carbocycles. The number of amides is 1. The van der Waals surface area contributed by atoms with E-state index in [1.54, 1.807) is 6.07 Å². The van der Waals surface area contributed by atoms with E-state index in [2.05, 4.69) is 0 Å². The van der Waals surface area contributed by atoms with Gasteiger partial charge in [-0.15, -0.1) is 0 Å². The zero-order chi connectivity index (χ0) is 13.0. The van der Waals surface area contributed by atoms with Gasteiger partial charge in [-0.3, -0.25) is 14.9 Å². The molecule has 0 fully saturated rings. The Hall–Kier alpha value is -2.39. The summed E-state index contributed by atoms with van der Waals surface area (Å²) in [7, 11) is 0. The number of nitrogens with two attached hydrogens (primary N) is 1. The number of primary amides is 1. The van der Waals surface area contributed by atoms with Crippen LogP contribution in [0.2, 0.25) is 5.02 Å². The van der Waals surface area contributed by atoms with E-state index in [1.807, 2.05) is 0 Å². The van der Waals surface area contributed by atoms with Crippen LogP contribution < -0.4 is 5.73 Å². The van der Waals surface area contributed by atoms with Crippen molar-refractivity contribution in [3.05, 3.63) is 44.5 Å². The van der Waals surface area contributed by atoms with Crippen molar-refractivity contribution in [1.29, 1.82) is 5.26 Å². The van der Waals surface area contributed by atoms with E-state index in [1.165, 1.54) is 12.1 Å². The Morgan fingerprint density at radius 3 is 2.71 bits per heavy atom. The van der Waals surface area contributed by atoms with Crippen molar-refractivity contribution in [3.63, 3.8) is 0 Å². The molecule has 0 heterocycles. The maximum atomic E-state index is 10.8. The van der Waals surface area contributed by atoms with Crippen molar-refractivity contribution in [2.24, 2.45) is 5.73 Å². The molecule has 0 radical (unpaired) electrons. The monoisotopic (exact) mass is 251 g/mol. The van der Waals surface area contributed by atoms with Gasteiger partial charge in [-0.2, -0.15) is 5.26 Å². The van der Waals surface area contributed by atoms with E-state index in [4.69, 9.17) is 22.6 Å². The number of hydrogen-bond donors (Lipinski definition) is 1. The summed E-state index contributed by atoms with van der Waals surface area (Å²) in [6, 6.07) is 5.50. The minimum Gasteiger partial charge on any atom is -0.365 e. The highest BCUT2D eigenvalue weighted by Crippen LogP contribution is 2.25. The highest BCUT2D eigenvalue weighted by atomic mass is 35.5. The van der Waals surface area contributed by atoms with E-state index in [9.17, 15) is 14.9 Å². The fraction of sp³-hybridized carbons (Fsp3) is 0. The molecule has 7 heteroatoms. The van der Waals surface area contributed by atoms with Gasteiger partial charge in [0, 0.05) is 6.07 Å². The van der Waals surface area contributed by atoms with Crippen LogP contribution in [0.4, 0.5) is 5.69 Å². The molecule has 0 unspecified atom stereocenters. The number of hydrogen-bond acceptors (Lipinski definition) is 4. The lowest BCUT2D eigenvalue weighted by Crippen LogP contribution is -2.12. The molecule has 86 valence electrons. The van der Waals surface area contributed by atoms with Gasteiger partial charge in [-0.1, -0.05) is 17.7 Å². The normalized spacial score (nSPS) is 10.7. The largest absolute Gasteiger partial charge is 0.365 e. The Morgan fingerprint density at radius 1 is 1.59 bits per heavy atom. The first kappa shape index (κ1) is 12.7. The Bertz CT molecular complexity index is 560. The minimum atomic E-state index is -0.898. The van der Waals surface area contributed by atoms with Crippen molar-refractivity contribution in [2.75, 3.05) is 0 Å². The lowest BCUT2D eigenvalue weighted by atomic mass is 10.1. The first-order chi connectivity index (χ1) is 7.95. The molecule has 0 aromatic heterocycles. The van der Waals surface area contributed by atoms with Crippen LogP contribution in [0.15, 0.2) is 23.8 Å². The molecule has 2 N–H and O–H groups in total. The van der Waals surface area contributed by atoms with Gasteiger partial charge in [0.15, 0.2) is 0 Å². The number of carbonyl (C=O) groups excluding carboxylic acids is 1. The summed E-state index contributed by atoms with van der Waals surface area (Å²) in [5.74, 6) is -0.898. The molecule has 6 nitrogen and oxygen atoms in total. The number of halogens is 1. The molecule has 1 aromatic carbocycles. The SMILES string of the molecule is N#C/C(=C\c1ccc(Cl)c([N+](=O)[O-])c1)C(N)=O. The third-order valence-corrected chi connectivity index (χ3v) is 2.18. The highest BCUT2D eigenvalue weighted by Gasteiger charge is 2.12. The summed E-state index contributed by atoms with van der Waals surface area (Å²) in [5.41, 5.74) is 4.64. The average Bonchev–Trinajstić information content (AvgIpc) is 2.27. The van der Waals surface area contributed by atoms with Gasteiger partial charge in [0.25, 0.3) is 11.6 Å². The molecule has 0 aliphatic rings. The van der Waals surface area contributed by atoms with Crippen LogP contribution in [-0.4, -0.2) is 10.8 Å². The topological polar surface area (TPSA) is 110 Å². The molecular formula is C10H6ClN3O3. The number of rotatable bonds is 3. The minimum absolute atomic E-state index is 0.0234. The summed E-state index contributed by atoms with van der Waals surface area (Å²) < 4.78 is 0. The Kier molecular flexibility index (Phi) is 3.80. The molecule has 0 aliphatic carbocycles. The summed E-state index contributed by atoms with van der Waals surface area (Å²) in [4.78, 5) is 20.7. The van der Waals surface area contributed by atoms with Gasteiger partial charge in [0.05, 0.1) is 4.92 Å². The van der Waals surface area contributed by atoms with E-state index in [0.717, 1.165) is 12.1 Å². The molecular weight excluding hydrogens is 246 g/mol. The molecule has 1 aromatic rings. The number of nitriles is 1. The molecule has 0 atom stereocenters. The van der Waals surface area contributed by atoms with Crippen LogP contribution >= 0.6 is 11.6 Å². The average molecular weight is 252 g/mol. The zero-order valence-corrected chi connectivity index (χ0v) is 9.14. The lowest BCUT2D eigenvalue weighted by Gasteiger charge is -1.98. The molecule has 0 spiro atoms. The fourth-order valence-electron chi connectivity index (χ4n) is 1.08. The maximum absolute atomic E-state index is 10.8. The third-order valence-electron chi connectivity index (χ3n) is 1.86. The second-order valence-corrected chi connectivity index (χ2v) is 3.41. The van der Waals surface area contributed by atoms with Gasteiger partial charge in [-0.05, 0) is 17.7 Å². The summed E-state index contributed by atoms with van der Waals surface area (Å²) in [6.45, 7) is 0. The van der Waals surface area contributed by atoms with Crippen LogP contribution in [0.1, 0.15) is 5.56 Å². The lowest BCUT2D eigenvalue weighted by molar-refractivity contribution is -0.384. The molecule has 0 saturated heterocycles. The van der Waals surface area contributed by atoms with Gasteiger partial charge in [-0.25, -0.2) is 0 Å². The second kappa shape index (κ2) is 5.09. The Balaban J connectivity index is 3.27. The first-order valence-corrected chi connectivity index (χ1v) is 4.69. The molecule has 1 amide bonds. The molecule has 0 bridgehead atoms. The van der Waals surface area contributed by atoms with Crippen LogP contribution in [-0.2, 0) is 4.79 Å². The molecule has 0 aliphatic heterocycles. The van der Waals surface area contributed by atoms with Crippen molar-refractivity contribution in [1.82, 2.24) is 0 Å². The molecule has 1 rings (SSSR count). The second-order valence-electron chi connectivity index (χ2n) is 3.00. The van der Waals surface area contributed by atoms with Gasteiger partial charge < -0.3 is 5.73 Å². The fourth-order valence-corrected chi connectivity index (χ4v) is 1.27. The first-order valence-electron chi connectivity index (χ1n) is 4.31. The Labute approximate surface area is 101 Å². The predicted molar refractivity (Wildman–Crippen MR) is 60.9 cm³/mol. The van der Waals surface area contributed by atoms with E-state index in [0.29, 0.717) is 5.56 Å². The van der Waals surface area contributed by atoms with E-state index < -0.39 is 10.8 Å². The van der Waals surface area contributed by atoms with E-state index in [-0.39, 0.29) is 16.3 Å². The number of carbonyl (C=O) groups is 1. The van der Waals surface area contributed by atoms with Crippen molar-refractivity contribution in [2.45, 2.75) is 0 Å². The van der Waals surface area contributed by atoms with Crippen molar-refractivity contribution in [3.8, 4) is 6.07 Å². The quantitative estimate of drug-likeness (QED) is 0.381. The zero-order valence-electron chi connectivity index (χ0n) is 8.38. The van der Waals surface area contributed by atoms with Crippen LogP contribution in [0, 0.1) is 21.4 Å². The third kappa shape index (κ3) is 3.03. The van der Waals surface area contributed by atoms with Gasteiger partial charge in [0.2, 0.25) is 0 Å². The van der Waals surface area contributed by atoms with E-state index >= 15 is 0 Å². The van der Waals surface area contributed by atoms with Crippen molar-refractivity contribution >= 4 is 29.3 Å². The van der Waals surface area contributed by atoms with Crippen LogP contribution in [0.3, 0.4) is 0 Å². The smallest absolute Gasteiger partial charge is 0.288 e. The number of nitro groups is 1. The van der Waals surface area contributed by atoms with Crippen molar-refractivity contribution < 1.29 is 9.72 Å². The molecule has 17 heavy (non-hydrogen) atoms. The predicted octanol–water partition coefficient (Wildman–Crippen LogP) is 1.64. The standard InChI is InChI=1S/C10H6ClN3O3/c11-8-2-1-6(4-9(8)14(16)17)3-7(5-12)10(13)15/h1-4H,(H2,13,15)/b7-3+. The number of nitro benzene ring substituents is 1. The van der Waals surface area contributed by atoms with Gasteiger partial charge in [0.1, 0.15) is 16.7 Å². The van der Waals surface area contributed by atoms with Crippen LogP contribution in [0.25, 0.3) is 6.08 Å². The number of nitrogens with zero attached hydrogens (tertiary/aromatic N) is 2. The highest BCUT2D eigenvalue weighted by molar-refractivity contribution is 6.32. The Morgan fingerprint density at radius 2 is 2.24 bits per heavy atom.